The number of hydrogen-bond acceptors (Lipinski definition) is 6. The number of carboxylic acids is 1. The molecular formula is C28H45N2O6-. The van der Waals surface area contributed by atoms with Crippen LogP contribution in [0, 0.1) is 10.6 Å². The molecule has 0 fully saturated rings. The largest absolute Gasteiger partial charge is 0.600 e. The Labute approximate surface area is 216 Å². The zero-order valence-corrected chi connectivity index (χ0v) is 22.1. The number of allylic oxidation sites excluding steroid dienone is 10. The fourth-order valence-electron chi connectivity index (χ4n) is 2.89. The molecule has 0 aromatic carbocycles. The van der Waals surface area contributed by atoms with E-state index >= 15 is 0 Å². The van der Waals surface area contributed by atoms with Crippen molar-refractivity contribution in [2.24, 2.45) is 5.41 Å². The number of aliphatic hydroxyl groups excluding tert-OH is 1. The smallest absolute Gasteiger partial charge is 0.249 e. The van der Waals surface area contributed by atoms with Crippen LogP contribution >= 0.6 is 0 Å². The highest BCUT2D eigenvalue weighted by atomic mass is 16.9. The average Bonchev–Trinajstić information content (AvgIpc) is 2.83. The monoisotopic (exact) mass is 505 g/mol. The molecule has 8 heteroatoms. The van der Waals surface area contributed by atoms with Gasteiger partial charge in [-0.2, -0.15) is 0 Å². The van der Waals surface area contributed by atoms with Crippen LogP contribution in [-0.2, 0) is 14.4 Å². The number of quaternary nitrogens is 1. The molecule has 0 saturated carbocycles. The maximum atomic E-state index is 12.0. The van der Waals surface area contributed by atoms with Crippen molar-refractivity contribution in [3.63, 3.8) is 0 Å². The van der Waals surface area contributed by atoms with Gasteiger partial charge in [0.1, 0.15) is 19.3 Å². The summed E-state index contributed by atoms with van der Waals surface area (Å²) in [6.45, 7) is 5.32. The van der Waals surface area contributed by atoms with E-state index < -0.39 is 23.4 Å². The van der Waals surface area contributed by atoms with E-state index in [1.165, 1.54) is 0 Å². The molecule has 0 aromatic rings. The van der Waals surface area contributed by atoms with Gasteiger partial charge in [0.2, 0.25) is 5.91 Å². The van der Waals surface area contributed by atoms with Gasteiger partial charge in [0, 0.05) is 30.8 Å². The standard InChI is InChI=1S/C28H46N2O6/c1-4-5-6-7-8-9-10-11-12-13-14-15-16-17-18-19-20-23-30(35)36-24-28(2,3)26(33)27(34)29-22-21-25(31)32/h5-6,8-9,11-12,14-15,17-18,26,30,33H,4,7,10,13,16,19-24H2,1-3H3,(H,29,34)(H,31,32)/p-1/b6-5-,9-8-,12-11-,15-14-,18-17-/t26-/m0/s1. The molecule has 0 radical (unpaired) electrons. The Morgan fingerprint density at radius 1 is 0.944 bits per heavy atom. The van der Waals surface area contributed by atoms with E-state index in [4.69, 9.17) is 4.84 Å². The zero-order valence-electron chi connectivity index (χ0n) is 22.1. The SMILES string of the molecule is CC/C=C\C/C=C\C/C=C\C/C=C\C/C=C\CCC[NH+]([O-])OCC(C)(C)[C@@H](O)C(=O)NCCC(=O)[O-]. The van der Waals surface area contributed by atoms with Gasteiger partial charge < -0.3 is 25.5 Å². The molecule has 36 heavy (non-hydrogen) atoms. The predicted molar refractivity (Wildman–Crippen MR) is 141 cm³/mol. The molecule has 3 N–H and O–H groups in total. The molecule has 0 spiro atoms. The molecule has 1 amide bonds. The van der Waals surface area contributed by atoms with Crippen LogP contribution in [0.5, 0.6) is 0 Å². The van der Waals surface area contributed by atoms with Crippen molar-refractivity contribution in [1.82, 2.24) is 5.32 Å². The first-order valence-electron chi connectivity index (χ1n) is 12.8. The number of unbranched alkanes of at least 4 members (excludes halogenated alkanes) is 1. The summed E-state index contributed by atoms with van der Waals surface area (Å²) in [5, 5.41) is 34.5. The van der Waals surface area contributed by atoms with E-state index in [1.807, 2.05) is 6.08 Å². The summed E-state index contributed by atoms with van der Waals surface area (Å²) in [5.41, 5.74) is -1.01. The minimum absolute atomic E-state index is 0.122. The molecule has 1 unspecified atom stereocenters. The Morgan fingerprint density at radius 3 is 1.94 bits per heavy atom. The number of amides is 1. The van der Waals surface area contributed by atoms with Crippen LogP contribution < -0.4 is 15.6 Å². The van der Waals surface area contributed by atoms with Crippen molar-refractivity contribution in [2.45, 2.75) is 78.2 Å². The van der Waals surface area contributed by atoms with Crippen LogP contribution in [0.4, 0.5) is 0 Å². The molecule has 0 rings (SSSR count). The molecule has 0 aliphatic rings. The minimum Gasteiger partial charge on any atom is -0.600 e. The summed E-state index contributed by atoms with van der Waals surface area (Å²) in [6, 6.07) is 0. The van der Waals surface area contributed by atoms with Gasteiger partial charge >= 0.3 is 0 Å². The maximum Gasteiger partial charge on any atom is 0.249 e. The lowest BCUT2D eigenvalue weighted by atomic mass is 9.87. The molecule has 0 aromatic heterocycles. The number of aliphatic hydroxyl groups is 1. The van der Waals surface area contributed by atoms with Gasteiger partial charge in [-0.15, -0.1) is 0 Å². The Morgan fingerprint density at radius 2 is 1.44 bits per heavy atom. The molecule has 204 valence electrons. The van der Waals surface area contributed by atoms with Crippen LogP contribution in [-0.4, -0.2) is 42.8 Å². The number of carbonyl (C=O) groups excluding carboxylic acids is 2. The highest BCUT2D eigenvalue weighted by Crippen LogP contribution is 2.20. The average molecular weight is 506 g/mol. The molecule has 0 aliphatic carbocycles. The lowest BCUT2D eigenvalue weighted by molar-refractivity contribution is -1.05. The number of nitrogens with one attached hydrogen (secondary N) is 2. The van der Waals surface area contributed by atoms with Crippen LogP contribution in [0.2, 0.25) is 0 Å². The molecule has 8 nitrogen and oxygen atoms in total. The quantitative estimate of drug-likeness (QED) is 0.125. The number of carbonyl (C=O) groups is 2. The van der Waals surface area contributed by atoms with Crippen molar-refractivity contribution in [1.29, 1.82) is 0 Å². The Kier molecular flexibility index (Phi) is 20.2. The van der Waals surface area contributed by atoms with E-state index in [-0.39, 0.29) is 31.3 Å². The normalized spacial score (nSPS) is 14.6. The van der Waals surface area contributed by atoms with Crippen molar-refractivity contribution < 1.29 is 29.9 Å². The van der Waals surface area contributed by atoms with Crippen molar-refractivity contribution >= 4 is 11.9 Å². The highest BCUT2D eigenvalue weighted by molar-refractivity contribution is 5.81. The maximum absolute atomic E-state index is 12.0. The number of hydrogen-bond donors (Lipinski definition) is 3. The summed E-state index contributed by atoms with van der Waals surface area (Å²) in [7, 11) is 0. The zero-order chi connectivity index (χ0) is 27.1. The third-order valence-electron chi connectivity index (χ3n) is 5.13. The van der Waals surface area contributed by atoms with E-state index in [0.717, 1.165) is 38.5 Å². The van der Waals surface area contributed by atoms with Crippen molar-refractivity contribution in [2.75, 3.05) is 19.7 Å². The lowest BCUT2D eigenvalue weighted by Gasteiger charge is -2.31. The van der Waals surface area contributed by atoms with Crippen molar-refractivity contribution in [3.05, 3.63) is 66.0 Å². The number of rotatable bonds is 21. The molecule has 2 atom stereocenters. The Bertz CT molecular complexity index is 740. The van der Waals surface area contributed by atoms with Crippen molar-refractivity contribution in [3.8, 4) is 0 Å². The van der Waals surface area contributed by atoms with Gasteiger partial charge in [0.25, 0.3) is 0 Å². The van der Waals surface area contributed by atoms with Crippen LogP contribution in [0.3, 0.4) is 0 Å². The summed E-state index contributed by atoms with van der Waals surface area (Å²) in [4.78, 5) is 27.5. The first-order valence-corrected chi connectivity index (χ1v) is 12.8. The molecular weight excluding hydrogens is 460 g/mol. The van der Waals surface area contributed by atoms with E-state index in [9.17, 15) is 25.0 Å². The third kappa shape index (κ3) is 19.8. The van der Waals surface area contributed by atoms with E-state index in [0.29, 0.717) is 6.42 Å². The molecule has 0 heterocycles. The first kappa shape index (κ1) is 33.5. The first-order chi connectivity index (χ1) is 17.2. The summed E-state index contributed by atoms with van der Waals surface area (Å²) in [6.07, 6.45) is 25.8. The second-order valence-electron chi connectivity index (χ2n) is 9.07. The lowest BCUT2D eigenvalue weighted by Crippen LogP contribution is -3.06. The number of aliphatic carboxylic acids is 1. The topological polar surface area (TPSA) is 126 Å². The fourth-order valence-corrected chi connectivity index (χ4v) is 2.89. The molecule has 0 saturated heterocycles. The Balaban J connectivity index is 3.91. The minimum atomic E-state index is -1.44. The van der Waals surface area contributed by atoms with Gasteiger partial charge in [-0.05, 0) is 38.5 Å². The van der Waals surface area contributed by atoms with Gasteiger partial charge in [0.15, 0.2) is 0 Å². The molecule has 0 aliphatic heterocycles. The Hall–Kier alpha value is -2.52. The van der Waals surface area contributed by atoms with Gasteiger partial charge in [-0.1, -0.05) is 81.5 Å². The summed E-state index contributed by atoms with van der Waals surface area (Å²) < 4.78 is 0. The number of carboxylic acid groups (broad SMARTS) is 1. The number of hydroxylamine groups is 2. The van der Waals surface area contributed by atoms with E-state index in [2.05, 4.69) is 66.9 Å². The van der Waals surface area contributed by atoms with E-state index in [1.54, 1.807) is 13.8 Å². The third-order valence-corrected chi connectivity index (χ3v) is 5.13. The summed E-state index contributed by atoms with van der Waals surface area (Å²) in [5.74, 6) is -2.00. The second kappa shape index (κ2) is 21.7. The predicted octanol–water partition coefficient (Wildman–Crippen LogP) is 2.48. The second-order valence-corrected chi connectivity index (χ2v) is 9.07. The van der Waals surface area contributed by atoms with Crippen LogP contribution in [0.25, 0.3) is 0 Å². The van der Waals surface area contributed by atoms with Gasteiger partial charge in [-0.25, -0.2) is 10.1 Å². The fraction of sp³-hybridized carbons (Fsp3) is 0.571. The van der Waals surface area contributed by atoms with Crippen LogP contribution in [0.15, 0.2) is 60.8 Å². The highest BCUT2D eigenvalue weighted by Gasteiger charge is 2.35. The van der Waals surface area contributed by atoms with Crippen LogP contribution in [0.1, 0.15) is 72.1 Å². The molecule has 0 bridgehead atoms. The van der Waals surface area contributed by atoms with Gasteiger partial charge in [0.05, 0.1) is 0 Å². The summed E-state index contributed by atoms with van der Waals surface area (Å²) >= 11 is 0. The van der Waals surface area contributed by atoms with Gasteiger partial charge in [-0.3, -0.25) is 4.79 Å².